The van der Waals surface area contributed by atoms with E-state index in [4.69, 9.17) is 0 Å². The van der Waals surface area contributed by atoms with Crippen molar-refractivity contribution in [3.05, 3.63) is 48.6 Å². The Balaban J connectivity index is -0.000000222. The molecule has 1 N–H and O–H groups in total. The summed E-state index contributed by atoms with van der Waals surface area (Å²) in [6, 6.07) is 10.5. The van der Waals surface area contributed by atoms with Crippen LogP contribution in [0.25, 0.3) is 0 Å². The smallest absolute Gasteiger partial charge is 0.243 e. The van der Waals surface area contributed by atoms with E-state index in [0.717, 1.165) is 0 Å². The Bertz CT molecular complexity index is 297. The van der Waals surface area contributed by atoms with Crippen molar-refractivity contribution >= 4 is 14.3 Å². The molecule has 0 heterocycles. The van der Waals surface area contributed by atoms with E-state index >= 15 is 0 Å². The first-order chi connectivity index (χ1) is 8.11. The summed E-state index contributed by atoms with van der Waals surface area (Å²) in [6.45, 7) is 11.6. The van der Waals surface area contributed by atoms with Gasteiger partial charge in [0.1, 0.15) is 0 Å². The van der Waals surface area contributed by atoms with Crippen LogP contribution in [0.4, 0.5) is 0 Å². The first-order valence-electron chi connectivity index (χ1n) is 6.01. The monoisotopic (exact) mass is 246 g/mol. The van der Waals surface area contributed by atoms with Crippen molar-refractivity contribution in [2.24, 2.45) is 0 Å². The van der Waals surface area contributed by atoms with Gasteiger partial charge < -0.3 is 5.32 Å². The molecule has 0 aliphatic carbocycles. The predicted octanol–water partition coefficient (Wildman–Crippen LogP) is 3.37. The minimum absolute atomic E-state index is 0. The van der Waals surface area contributed by atoms with E-state index in [1.807, 2.05) is 19.9 Å². The Morgan fingerprint density at radius 1 is 1.22 bits per heavy atom. The standard InChI is InChI=1S/C9H12.C4H7NO.C2H6.B/c1-8(2)9-6-4-3-5-7-9;1-3-4(6)5-2;1-2;/h3-8H,1-2H3;3H,1H2,2H3,(H,5,6);1-2H3;. The molecule has 3 heteroatoms. The average molecular weight is 246 g/mol. The number of hydrogen-bond donors (Lipinski definition) is 1. The molecule has 0 aliphatic rings. The van der Waals surface area contributed by atoms with Crippen molar-refractivity contribution in [3.63, 3.8) is 0 Å². The molecular formula is C15H25BNO. The lowest BCUT2D eigenvalue weighted by atomic mass is 10.0. The van der Waals surface area contributed by atoms with Crippen LogP contribution in [0.15, 0.2) is 43.0 Å². The summed E-state index contributed by atoms with van der Waals surface area (Å²) >= 11 is 0. The summed E-state index contributed by atoms with van der Waals surface area (Å²) < 4.78 is 0. The van der Waals surface area contributed by atoms with Crippen LogP contribution in [0.2, 0.25) is 0 Å². The zero-order valence-electron chi connectivity index (χ0n) is 12.2. The van der Waals surface area contributed by atoms with Gasteiger partial charge in [-0.2, -0.15) is 0 Å². The Kier molecular flexibility index (Phi) is 18.7. The molecule has 0 atom stereocenters. The molecule has 1 rings (SSSR count). The quantitative estimate of drug-likeness (QED) is 0.629. The van der Waals surface area contributed by atoms with Gasteiger partial charge in [0.2, 0.25) is 5.91 Å². The number of amides is 1. The average Bonchev–Trinajstić information content (AvgIpc) is 2.41. The van der Waals surface area contributed by atoms with E-state index in [0.29, 0.717) is 5.92 Å². The number of carbonyl (C=O) groups excluding carboxylic acids is 1. The van der Waals surface area contributed by atoms with Gasteiger partial charge in [-0.1, -0.05) is 64.6 Å². The highest BCUT2D eigenvalue weighted by molar-refractivity contribution is 5.86. The second-order valence-corrected chi connectivity index (χ2v) is 3.38. The van der Waals surface area contributed by atoms with Gasteiger partial charge >= 0.3 is 0 Å². The lowest BCUT2D eigenvalue weighted by molar-refractivity contribution is -0.116. The maximum absolute atomic E-state index is 9.95. The summed E-state index contributed by atoms with van der Waals surface area (Å²) in [6.07, 6.45) is 1.22. The van der Waals surface area contributed by atoms with Gasteiger partial charge in [-0.25, -0.2) is 0 Å². The molecule has 1 aromatic carbocycles. The van der Waals surface area contributed by atoms with Gasteiger partial charge in [-0.05, 0) is 17.6 Å². The fourth-order valence-corrected chi connectivity index (χ4v) is 0.940. The molecular weight excluding hydrogens is 221 g/mol. The van der Waals surface area contributed by atoms with Crippen LogP contribution in [-0.2, 0) is 4.79 Å². The third-order valence-corrected chi connectivity index (χ3v) is 1.90. The van der Waals surface area contributed by atoms with Crippen LogP contribution in [0.3, 0.4) is 0 Å². The van der Waals surface area contributed by atoms with E-state index in [2.05, 4.69) is 50.0 Å². The molecule has 1 aromatic rings. The van der Waals surface area contributed by atoms with Crippen LogP contribution >= 0.6 is 0 Å². The van der Waals surface area contributed by atoms with Gasteiger partial charge in [0.05, 0.1) is 0 Å². The minimum Gasteiger partial charge on any atom is -0.356 e. The molecule has 18 heavy (non-hydrogen) atoms. The Morgan fingerprint density at radius 3 is 1.83 bits per heavy atom. The first-order valence-corrected chi connectivity index (χ1v) is 6.01. The van der Waals surface area contributed by atoms with Crippen molar-refractivity contribution in [2.75, 3.05) is 7.05 Å². The van der Waals surface area contributed by atoms with Gasteiger partial charge in [0.25, 0.3) is 0 Å². The Hall–Kier alpha value is -1.51. The van der Waals surface area contributed by atoms with Crippen LogP contribution in [0, 0.1) is 0 Å². The Labute approximate surface area is 114 Å². The third kappa shape index (κ3) is 12.6. The first kappa shape index (κ1) is 21.7. The van der Waals surface area contributed by atoms with Gasteiger partial charge in [0, 0.05) is 15.5 Å². The number of rotatable bonds is 2. The van der Waals surface area contributed by atoms with Crippen molar-refractivity contribution < 1.29 is 4.79 Å². The number of benzene rings is 1. The SMILES string of the molecule is C=CC(=O)NC.CC.CC(C)c1ccccc1.[B]. The zero-order chi connectivity index (χ0) is 13.7. The number of hydrogen-bond acceptors (Lipinski definition) is 1. The van der Waals surface area contributed by atoms with E-state index < -0.39 is 0 Å². The molecule has 99 valence electrons. The van der Waals surface area contributed by atoms with Gasteiger partial charge in [0.15, 0.2) is 0 Å². The van der Waals surface area contributed by atoms with E-state index in [1.165, 1.54) is 11.6 Å². The maximum Gasteiger partial charge on any atom is 0.243 e. The lowest BCUT2D eigenvalue weighted by Crippen LogP contribution is -2.13. The number of likely N-dealkylation sites (N-methyl/N-ethyl adjacent to an activating group) is 1. The topological polar surface area (TPSA) is 29.1 Å². The molecule has 0 aromatic heterocycles. The summed E-state index contributed by atoms with van der Waals surface area (Å²) in [4.78, 5) is 9.95. The lowest BCUT2D eigenvalue weighted by Gasteiger charge is -2.01. The third-order valence-electron chi connectivity index (χ3n) is 1.90. The second-order valence-electron chi connectivity index (χ2n) is 3.38. The van der Waals surface area contributed by atoms with Crippen molar-refractivity contribution in [1.82, 2.24) is 5.32 Å². The minimum atomic E-state index is -0.144. The molecule has 0 aliphatic heterocycles. The van der Waals surface area contributed by atoms with E-state index in [-0.39, 0.29) is 14.3 Å². The van der Waals surface area contributed by atoms with E-state index in [1.54, 1.807) is 7.05 Å². The highest BCUT2D eigenvalue weighted by Crippen LogP contribution is 2.11. The summed E-state index contributed by atoms with van der Waals surface area (Å²) in [5.74, 6) is 0.515. The zero-order valence-corrected chi connectivity index (χ0v) is 12.2. The van der Waals surface area contributed by atoms with Crippen LogP contribution < -0.4 is 5.32 Å². The molecule has 0 bridgehead atoms. The van der Waals surface area contributed by atoms with Crippen molar-refractivity contribution in [2.45, 2.75) is 33.6 Å². The number of nitrogens with one attached hydrogen (secondary N) is 1. The highest BCUT2D eigenvalue weighted by Gasteiger charge is 1.93. The molecule has 0 unspecified atom stereocenters. The van der Waals surface area contributed by atoms with Crippen LogP contribution in [-0.4, -0.2) is 21.4 Å². The van der Waals surface area contributed by atoms with Crippen molar-refractivity contribution in [1.29, 1.82) is 0 Å². The fourth-order valence-electron chi connectivity index (χ4n) is 0.940. The Morgan fingerprint density at radius 2 is 1.67 bits per heavy atom. The molecule has 0 fully saturated rings. The normalized spacial score (nSPS) is 7.67. The largest absolute Gasteiger partial charge is 0.356 e. The van der Waals surface area contributed by atoms with Crippen molar-refractivity contribution in [3.8, 4) is 0 Å². The molecule has 3 radical (unpaired) electrons. The maximum atomic E-state index is 9.95. The summed E-state index contributed by atoms with van der Waals surface area (Å²) in [5.41, 5.74) is 1.41. The van der Waals surface area contributed by atoms with Crippen LogP contribution in [0.5, 0.6) is 0 Å². The number of carbonyl (C=O) groups is 1. The van der Waals surface area contributed by atoms with Gasteiger partial charge in [-0.15, -0.1) is 0 Å². The highest BCUT2D eigenvalue weighted by atomic mass is 16.1. The van der Waals surface area contributed by atoms with E-state index in [9.17, 15) is 4.79 Å². The van der Waals surface area contributed by atoms with Gasteiger partial charge in [-0.3, -0.25) is 4.79 Å². The second kappa shape index (κ2) is 15.5. The molecule has 0 saturated heterocycles. The summed E-state index contributed by atoms with van der Waals surface area (Å²) in [7, 11) is 1.56. The molecule has 1 amide bonds. The molecule has 2 nitrogen and oxygen atoms in total. The fraction of sp³-hybridized carbons (Fsp3) is 0.400. The molecule has 0 saturated carbocycles. The summed E-state index contributed by atoms with van der Waals surface area (Å²) in [5, 5.41) is 2.36. The predicted molar refractivity (Wildman–Crippen MR) is 81.9 cm³/mol. The molecule has 0 spiro atoms. The van der Waals surface area contributed by atoms with Crippen LogP contribution in [0.1, 0.15) is 39.2 Å².